The third-order valence-corrected chi connectivity index (χ3v) is 5.96. The number of nitrogens with zero attached hydrogens (tertiary/aromatic N) is 4. The van der Waals surface area contributed by atoms with Gasteiger partial charge in [0.15, 0.2) is 5.82 Å². The van der Waals surface area contributed by atoms with E-state index < -0.39 is 35.6 Å². The van der Waals surface area contributed by atoms with Crippen LogP contribution in [-0.2, 0) is 22.4 Å². The van der Waals surface area contributed by atoms with Gasteiger partial charge in [-0.2, -0.15) is 4.98 Å². The number of rotatable bonds is 7. The van der Waals surface area contributed by atoms with Gasteiger partial charge in [0.25, 0.3) is 0 Å². The Morgan fingerprint density at radius 2 is 1.88 bits per heavy atom. The number of anilines is 1. The Morgan fingerprint density at radius 3 is 2.41 bits per heavy atom. The normalized spacial score (nSPS) is 13.2. The standard InChI is InChI=1S/C29H37ClFN5O5/c1-10-12-22-20(15-21(18(3)31)32-26(37)40-28(4,5)6)17(2)23-24(33-25(30)34-36(22)23)35(16-19-13-11-14-39-19)27(38)41-29(7,8)9/h11,13-14,18,21H,15-16H2,1-9H3,(H,32,37)/t18-,21+/m0/s1. The van der Waals surface area contributed by atoms with Gasteiger partial charge >= 0.3 is 12.2 Å². The number of aromatic nitrogens is 3. The zero-order chi connectivity index (χ0) is 30.7. The molecule has 0 aliphatic heterocycles. The second kappa shape index (κ2) is 12.4. The van der Waals surface area contributed by atoms with Crippen LogP contribution in [0, 0.1) is 18.8 Å². The molecular formula is C29H37ClFN5O5. The van der Waals surface area contributed by atoms with Crippen molar-refractivity contribution in [2.75, 3.05) is 4.90 Å². The van der Waals surface area contributed by atoms with Crippen molar-refractivity contribution < 1.29 is 27.9 Å². The van der Waals surface area contributed by atoms with Gasteiger partial charge in [0.05, 0.1) is 18.8 Å². The Kier molecular flexibility index (Phi) is 9.59. The molecule has 0 unspecified atom stereocenters. The molecule has 0 saturated heterocycles. The topological polar surface area (TPSA) is 111 Å². The SMILES string of the molecule is CC#Cc1c(C[C@@H](NC(=O)OC(C)(C)C)[C@H](C)F)c(C)c2c(N(Cc3ccco3)C(=O)OC(C)(C)C)nc(Cl)nn12. The van der Waals surface area contributed by atoms with Crippen LogP contribution in [0.2, 0.25) is 5.28 Å². The van der Waals surface area contributed by atoms with Crippen molar-refractivity contribution in [2.24, 2.45) is 0 Å². The van der Waals surface area contributed by atoms with E-state index in [0.29, 0.717) is 28.1 Å². The number of fused-ring (bicyclic) bond motifs is 1. The van der Waals surface area contributed by atoms with Gasteiger partial charge in [-0.05, 0) is 110 Å². The van der Waals surface area contributed by atoms with E-state index in [-0.39, 0.29) is 24.1 Å². The quantitative estimate of drug-likeness (QED) is 0.318. The zero-order valence-corrected chi connectivity index (χ0v) is 25.6. The van der Waals surface area contributed by atoms with Crippen molar-refractivity contribution >= 4 is 35.1 Å². The Labute approximate surface area is 244 Å². The van der Waals surface area contributed by atoms with Gasteiger partial charge in [-0.1, -0.05) is 5.92 Å². The molecule has 0 fully saturated rings. The molecule has 1 N–H and O–H groups in total. The molecule has 0 radical (unpaired) electrons. The predicted octanol–water partition coefficient (Wildman–Crippen LogP) is 6.39. The first-order valence-corrected chi connectivity index (χ1v) is 13.6. The van der Waals surface area contributed by atoms with Gasteiger partial charge in [-0.25, -0.2) is 18.5 Å². The fourth-order valence-corrected chi connectivity index (χ4v) is 4.28. The summed E-state index contributed by atoms with van der Waals surface area (Å²) in [6.45, 7) is 15.2. The molecule has 3 rings (SSSR count). The minimum atomic E-state index is -1.43. The molecule has 2 amide bonds. The van der Waals surface area contributed by atoms with E-state index in [2.05, 4.69) is 27.2 Å². The van der Waals surface area contributed by atoms with Crippen LogP contribution < -0.4 is 10.2 Å². The Hall–Kier alpha value is -3.78. The molecule has 0 aliphatic carbocycles. The summed E-state index contributed by atoms with van der Waals surface area (Å²) >= 11 is 6.38. The van der Waals surface area contributed by atoms with Crippen molar-refractivity contribution in [1.29, 1.82) is 0 Å². The van der Waals surface area contributed by atoms with Crippen LogP contribution in [0.1, 0.15) is 78.0 Å². The molecule has 10 nitrogen and oxygen atoms in total. The first-order chi connectivity index (χ1) is 19.0. The summed E-state index contributed by atoms with van der Waals surface area (Å²) in [6, 6.07) is 2.48. The van der Waals surface area contributed by atoms with Gasteiger partial charge in [0, 0.05) is 0 Å². The maximum absolute atomic E-state index is 14.9. The number of carbonyl (C=O) groups is 2. The van der Waals surface area contributed by atoms with Crippen molar-refractivity contribution in [2.45, 2.75) is 98.7 Å². The minimum Gasteiger partial charge on any atom is -0.467 e. The highest BCUT2D eigenvalue weighted by molar-refractivity contribution is 6.28. The van der Waals surface area contributed by atoms with Crippen LogP contribution in [0.4, 0.5) is 19.8 Å². The first-order valence-electron chi connectivity index (χ1n) is 13.2. The van der Waals surface area contributed by atoms with E-state index in [9.17, 15) is 14.0 Å². The highest BCUT2D eigenvalue weighted by Crippen LogP contribution is 2.33. The van der Waals surface area contributed by atoms with Crippen LogP contribution >= 0.6 is 11.6 Å². The van der Waals surface area contributed by atoms with Gasteiger partial charge in [0.1, 0.15) is 34.3 Å². The van der Waals surface area contributed by atoms with Crippen LogP contribution in [-0.4, -0.2) is 50.2 Å². The number of ether oxygens (including phenoxy) is 2. The van der Waals surface area contributed by atoms with Crippen LogP contribution in [0.5, 0.6) is 0 Å². The number of amides is 2. The second-order valence-electron chi connectivity index (χ2n) is 11.6. The van der Waals surface area contributed by atoms with Crippen molar-refractivity contribution in [3.8, 4) is 11.8 Å². The van der Waals surface area contributed by atoms with E-state index in [1.165, 1.54) is 22.6 Å². The monoisotopic (exact) mass is 589 g/mol. The summed E-state index contributed by atoms with van der Waals surface area (Å²) < 4.78 is 32.9. The molecule has 41 heavy (non-hydrogen) atoms. The van der Waals surface area contributed by atoms with E-state index in [0.717, 1.165) is 0 Å². The lowest BCUT2D eigenvalue weighted by atomic mass is 9.99. The lowest BCUT2D eigenvalue weighted by Gasteiger charge is -2.26. The molecule has 0 bridgehead atoms. The average molecular weight is 590 g/mol. The Bertz CT molecular complexity index is 1460. The van der Waals surface area contributed by atoms with E-state index >= 15 is 0 Å². The minimum absolute atomic E-state index is 0.00992. The van der Waals surface area contributed by atoms with Gasteiger partial charge < -0.3 is 19.2 Å². The molecule has 3 aromatic heterocycles. The summed E-state index contributed by atoms with van der Waals surface area (Å²) in [6.07, 6.45) is -1.31. The summed E-state index contributed by atoms with van der Waals surface area (Å²) in [5, 5.41) is 6.85. The number of halogens is 2. The molecule has 0 spiro atoms. The number of hydrogen-bond acceptors (Lipinski definition) is 7. The molecule has 0 aromatic carbocycles. The average Bonchev–Trinajstić information content (AvgIpc) is 3.42. The number of furan rings is 1. The molecule has 12 heteroatoms. The fourth-order valence-electron chi connectivity index (χ4n) is 4.12. The number of hydrogen-bond donors (Lipinski definition) is 1. The smallest absolute Gasteiger partial charge is 0.416 e. The number of alkyl carbamates (subject to hydrolysis) is 1. The molecule has 3 heterocycles. The largest absolute Gasteiger partial charge is 0.467 e. The lowest BCUT2D eigenvalue weighted by molar-refractivity contribution is 0.0476. The fraction of sp³-hybridized carbons (Fsp3) is 0.517. The van der Waals surface area contributed by atoms with Crippen LogP contribution in [0.25, 0.3) is 5.52 Å². The predicted molar refractivity (Wildman–Crippen MR) is 154 cm³/mol. The van der Waals surface area contributed by atoms with Crippen LogP contribution in [0.15, 0.2) is 22.8 Å². The third kappa shape index (κ3) is 8.13. The molecule has 3 aromatic rings. The molecule has 2 atom stereocenters. The van der Waals surface area contributed by atoms with Crippen molar-refractivity contribution in [1.82, 2.24) is 19.9 Å². The zero-order valence-electron chi connectivity index (χ0n) is 24.9. The van der Waals surface area contributed by atoms with Gasteiger partial charge in [0.2, 0.25) is 5.28 Å². The van der Waals surface area contributed by atoms with Crippen molar-refractivity contribution in [3.63, 3.8) is 0 Å². The van der Waals surface area contributed by atoms with E-state index in [4.69, 9.17) is 25.5 Å². The maximum atomic E-state index is 14.9. The van der Waals surface area contributed by atoms with Gasteiger partial charge in [-0.15, -0.1) is 5.10 Å². The Morgan fingerprint density at radius 1 is 1.22 bits per heavy atom. The summed E-state index contributed by atoms with van der Waals surface area (Å²) in [5.74, 6) is 6.53. The number of alkyl halides is 1. The summed E-state index contributed by atoms with van der Waals surface area (Å²) in [5.41, 5.74) is 0.508. The summed E-state index contributed by atoms with van der Waals surface area (Å²) in [7, 11) is 0. The number of carbonyl (C=O) groups excluding carboxylic acids is 2. The first kappa shape index (κ1) is 31.7. The maximum Gasteiger partial charge on any atom is 0.416 e. The summed E-state index contributed by atoms with van der Waals surface area (Å²) in [4.78, 5) is 31.7. The third-order valence-electron chi connectivity index (χ3n) is 5.80. The van der Waals surface area contributed by atoms with E-state index in [1.807, 2.05) is 0 Å². The van der Waals surface area contributed by atoms with Crippen molar-refractivity contribution in [3.05, 3.63) is 46.3 Å². The van der Waals surface area contributed by atoms with Crippen LogP contribution in [0.3, 0.4) is 0 Å². The molecule has 0 saturated carbocycles. The lowest BCUT2D eigenvalue weighted by Crippen LogP contribution is -2.44. The van der Waals surface area contributed by atoms with E-state index in [1.54, 1.807) is 67.5 Å². The highest BCUT2D eigenvalue weighted by atomic mass is 35.5. The number of aryl methyl sites for hydroxylation is 1. The molecule has 0 aliphatic rings. The number of nitrogens with one attached hydrogen (secondary N) is 1. The highest BCUT2D eigenvalue weighted by Gasteiger charge is 2.32. The van der Waals surface area contributed by atoms with Gasteiger partial charge in [-0.3, -0.25) is 4.90 Å². The Balaban J connectivity index is 2.20. The second-order valence-corrected chi connectivity index (χ2v) is 11.9. The molecular weight excluding hydrogens is 553 g/mol. The molecule has 222 valence electrons.